The first-order valence-corrected chi connectivity index (χ1v) is 5.99. The largest absolute Gasteiger partial charge is 0.347 e. The number of nitrogens with one attached hydrogen (secondary N) is 1. The molecule has 0 saturated carbocycles. The minimum Gasteiger partial charge on any atom is -0.347 e. The van der Waals surface area contributed by atoms with Crippen molar-refractivity contribution in [2.75, 3.05) is 0 Å². The number of nitrogens with two attached hydrogens (primary N) is 1. The van der Waals surface area contributed by atoms with Gasteiger partial charge in [-0.15, -0.1) is 11.3 Å². The Bertz CT molecular complexity index is 308. The van der Waals surface area contributed by atoms with Gasteiger partial charge in [0.1, 0.15) is 0 Å². The lowest BCUT2D eigenvalue weighted by Gasteiger charge is -2.18. The molecule has 0 aliphatic rings. The highest BCUT2D eigenvalue weighted by atomic mass is 32.1. The molecular formula is C11H18N2OS. The third kappa shape index (κ3) is 3.32. The van der Waals surface area contributed by atoms with Crippen LogP contribution in [0.5, 0.6) is 0 Å². The molecule has 0 aliphatic heterocycles. The molecule has 1 aromatic rings. The Morgan fingerprint density at radius 1 is 1.47 bits per heavy atom. The molecule has 84 valence electrons. The highest BCUT2D eigenvalue weighted by molar-refractivity contribution is 7.10. The Balaban J connectivity index is 2.52. The Labute approximate surface area is 94.7 Å². The van der Waals surface area contributed by atoms with E-state index in [1.54, 1.807) is 11.3 Å². The molecule has 1 aromatic heterocycles. The molecule has 3 N–H and O–H groups in total. The molecule has 1 amide bonds. The van der Waals surface area contributed by atoms with Gasteiger partial charge in [-0.1, -0.05) is 19.9 Å². The Kier molecular flexibility index (Phi) is 4.29. The van der Waals surface area contributed by atoms with E-state index in [4.69, 9.17) is 5.73 Å². The van der Waals surface area contributed by atoms with Gasteiger partial charge < -0.3 is 11.1 Å². The average Bonchev–Trinajstić information content (AvgIpc) is 2.68. The minimum absolute atomic E-state index is 0.0438. The summed E-state index contributed by atoms with van der Waals surface area (Å²) < 4.78 is 0. The van der Waals surface area contributed by atoms with Crippen molar-refractivity contribution in [1.82, 2.24) is 5.32 Å². The van der Waals surface area contributed by atoms with Gasteiger partial charge in [-0.05, 0) is 24.3 Å². The summed E-state index contributed by atoms with van der Waals surface area (Å²) >= 11 is 1.64. The lowest BCUT2D eigenvalue weighted by Crippen LogP contribution is -2.44. The molecule has 1 heterocycles. The topological polar surface area (TPSA) is 55.1 Å². The maximum Gasteiger partial charge on any atom is 0.237 e. The summed E-state index contributed by atoms with van der Waals surface area (Å²) in [6.45, 7) is 5.86. The predicted octanol–water partition coefficient (Wildman–Crippen LogP) is 1.91. The molecule has 1 unspecified atom stereocenters. The van der Waals surface area contributed by atoms with E-state index in [1.807, 2.05) is 38.3 Å². The normalized spacial score (nSPS) is 15.0. The molecule has 0 aliphatic carbocycles. The molecule has 15 heavy (non-hydrogen) atoms. The van der Waals surface area contributed by atoms with Crippen LogP contribution in [0.15, 0.2) is 17.5 Å². The van der Waals surface area contributed by atoms with E-state index in [0.717, 1.165) is 4.88 Å². The van der Waals surface area contributed by atoms with Gasteiger partial charge in [0.15, 0.2) is 0 Å². The van der Waals surface area contributed by atoms with Crippen LogP contribution < -0.4 is 11.1 Å². The summed E-state index contributed by atoms with van der Waals surface area (Å²) in [7, 11) is 0. The fourth-order valence-electron chi connectivity index (χ4n) is 1.22. The van der Waals surface area contributed by atoms with Gasteiger partial charge in [0, 0.05) is 4.88 Å². The molecular weight excluding hydrogens is 208 g/mol. The minimum atomic E-state index is -0.424. The van der Waals surface area contributed by atoms with Crippen molar-refractivity contribution in [1.29, 1.82) is 0 Å². The molecule has 3 nitrogen and oxygen atoms in total. The zero-order valence-electron chi connectivity index (χ0n) is 9.36. The number of carbonyl (C=O) groups is 1. The third-order valence-electron chi connectivity index (χ3n) is 2.35. The molecule has 0 bridgehead atoms. The van der Waals surface area contributed by atoms with Crippen molar-refractivity contribution >= 4 is 17.2 Å². The van der Waals surface area contributed by atoms with Crippen LogP contribution in [0.1, 0.15) is 31.7 Å². The SMILES string of the molecule is CC(C)C(N)C(=O)N[C@H](C)c1cccs1. The number of hydrogen-bond donors (Lipinski definition) is 2. The second-order valence-electron chi connectivity index (χ2n) is 4.02. The lowest BCUT2D eigenvalue weighted by atomic mass is 10.0. The van der Waals surface area contributed by atoms with Crippen molar-refractivity contribution in [3.05, 3.63) is 22.4 Å². The Morgan fingerprint density at radius 3 is 2.60 bits per heavy atom. The summed E-state index contributed by atoms with van der Waals surface area (Å²) in [5.41, 5.74) is 5.75. The van der Waals surface area contributed by atoms with Crippen LogP contribution in [-0.2, 0) is 4.79 Å². The predicted molar refractivity (Wildman–Crippen MR) is 63.7 cm³/mol. The van der Waals surface area contributed by atoms with E-state index >= 15 is 0 Å². The number of hydrogen-bond acceptors (Lipinski definition) is 3. The van der Waals surface area contributed by atoms with Gasteiger partial charge in [0.2, 0.25) is 5.91 Å². The fourth-order valence-corrected chi connectivity index (χ4v) is 1.96. The average molecular weight is 226 g/mol. The number of amides is 1. The maximum absolute atomic E-state index is 11.7. The van der Waals surface area contributed by atoms with E-state index in [0.29, 0.717) is 0 Å². The highest BCUT2D eigenvalue weighted by Gasteiger charge is 2.19. The van der Waals surface area contributed by atoms with E-state index in [1.165, 1.54) is 0 Å². The van der Waals surface area contributed by atoms with Crippen LogP contribution in [0.3, 0.4) is 0 Å². The Morgan fingerprint density at radius 2 is 2.13 bits per heavy atom. The second-order valence-corrected chi connectivity index (χ2v) is 4.99. The van der Waals surface area contributed by atoms with Crippen molar-refractivity contribution in [2.24, 2.45) is 11.7 Å². The van der Waals surface area contributed by atoms with E-state index in [9.17, 15) is 4.79 Å². The molecule has 2 atom stereocenters. The quantitative estimate of drug-likeness (QED) is 0.824. The van der Waals surface area contributed by atoms with Gasteiger partial charge in [-0.2, -0.15) is 0 Å². The van der Waals surface area contributed by atoms with Gasteiger partial charge in [-0.25, -0.2) is 0 Å². The van der Waals surface area contributed by atoms with Crippen LogP contribution in [0, 0.1) is 5.92 Å². The van der Waals surface area contributed by atoms with E-state index < -0.39 is 6.04 Å². The zero-order chi connectivity index (χ0) is 11.4. The van der Waals surface area contributed by atoms with Crippen LogP contribution in [-0.4, -0.2) is 11.9 Å². The van der Waals surface area contributed by atoms with Crippen molar-refractivity contribution in [2.45, 2.75) is 32.9 Å². The van der Waals surface area contributed by atoms with Crippen molar-refractivity contribution in [3.8, 4) is 0 Å². The fraction of sp³-hybridized carbons (Fsp3) is 0.545. The number of thiophene rings is 1. The number of rotatable bonds is 4. The molecule has 0 radical (unpaired) electrons. The monoisotopic (exact) mass is 226 g/mol. The van der Waals surface area contributed by atoms with Gasteiger partial charge in [0.25, 0.3) is 0 Å². The highest BCUT2D eigenvalue weighted by Crippen LogP contribution is 2.18. The van der Waals surface area contributed by atoms with Crippen LogP contribution in [0.25, 0.3) is 0 Å². The maximum atomic E-state index is 11.7. The molecule has 0 saturated heterocycles. The zero-order valence-corrected chi connectivity index (χ0v) is 10.2. The summed E-state index contributed by atoms with van der Waals surface area (Å²) in [5.74, 6) is 0.0893. The van der Waals surface area contributed by atoms with E-state index in [-0.39, 0.29) is 17.9 Å². The third-order valence-corrected chi connectivity index (χ3v) is 3.40. The standard InChI is InChI=1S/C11H18N2OS/c1-7(2)10(12)11(14)13-8(3)9-5-4-6-15-9/h4-8,10H,12H2,1-3H3,(H,13,14)/t8-,10?/m1/s1. The number of carbonyl (C=O) groups excluding carboxylic acids is 1. The smallest absolute Gasteiger partial charge is 0.237 e. The van der Waals surface area contributed by atoms with Crippen molar-refractivity contribution < 1.29 is 4.79 Å². The first-order valence-electron chi connectivity index (χ1n) is 5.11. The Hall–Kier alpha value is -0.870. The summed E-state index contributed by atoms with van der Waals surface area (Å²) in [6, 6.07) is 3.61. The van der Waals surface area contributed by atoms with Crippen molar-refractivity contribution in [3.63, 3.8) is 0 Å². The van der Waals surface area contributed by atoms with Gasteiger partial charge in [0.05, 0.1) is 12.1 Å². The summed E-state index contributed by atoms with van der Waals surface area (Å²) in [5, 5.41) is 4.91. The first kappa shape index (κ1) is 12.2. The first-order chi connectivity index (χ1) is 7.02. The van der Waals surface area contributed by atoms with Crippen LogP contribution in [0.4, 0.5) is 0 Å². The van der Waals surface area contributed by atoms with E-state index in [2.05, 4.69) is 5.32 Å². The van der Waals surface area contributed by atoms with Crippen LogP contribution >= 0.6 is 11.3 Å². The van der Waals surface area contributed by atoms with Gasteiger partial charge in [-0.3, -0.25) is 4.79 Å². The summed E-state index contributed by atoms with van der Waals surface area (Å²) in [6.07, 6.45) is 0. The molecule has 4 heteroatoms. The molecule has 0 fully saturated rings. The lowest BCUT2D eigenvalue weighted by molar-refractivity contribution is -0.123. The molecule has 0 aromatic carbocycles. The van der Waals surface area contributed by atoms with Gasteiger partial charge >= 0.3 is 0 Å². The van der Waals surface area contributed by atoms with Crippen LogP contribution in [0.2, 0.25) is 0 Å². The molecule has 1 rings (SSSR count). The molecule has 0 spiro atoms. The summed E-state index contributed by atoms with van der Waals surface area (Å²) in [4.78, 5) is 12.8. The second kappa shape index (κ2) is 5.28.